The maximum Gasteiger partial charge on any atom is 0.131 e. The number of thiophene rings is 1. The number of rotatable bonds is 6. The Hall–Kier alpha value is -1.21. The fourth-order valence-electron chi connectivity index (χ4n) is 1.86. The van der Waals surface area contributed by atoms with E-state index in [1.807, 2.05) is 35.3 Å². The first-order valence-electron chi connectivity index (χ1n) is 6.09. The summed E-state index contributed by atoms with van der Waals surface area (Å²) >= 11 is 1.62. The van der Waals surface area contributed by atoms with Gasteiger partial charge in [0.15, 0.2) is 0 Å². The van der Waals surface area contributed by atoms with Gasteiger partial charge in [0.1, 0.15) is 11.9 Å². The summed E-state index contributed by atoms with van der Waals surface area (Å²) in [5.41, 5.74) is -0.749. The molecule has 2 aromatic rings. The Morgan fingerprint density at radius 2 is 2.21 bits per heavy atom. The molecule has 104 valence electrons. The highest BCUT2D eigenvalue weighted by Crippen LogP contribution is 2.26. The molecule has 3 N–H and O–H groups in total. The Labute approximate surface area is 116 Å². The Bertz CT molecular complexity index is 506. The van der Waals surface area contributed by atoms with Crippen molar-refractivity contribution >= 4 is 11.3 Å². The van der Waals surface area contributed by atoms with E-state index in [0.29, 0.717) is 0 Å². The Balaban J connectivity index is 2.34. The summed E-state index contributed by atoms with van der Waals surface area (Å²) in [6, 6.07) is 3.85. The summed E-state index contributed by atoms with van der Waals surface area (Å²) in [5.74, 6) is 0.857. The highest BCUT2D eigenvalue weighted by molar-refractivity contribution is 7.10. The van der Waals surface area contributed by atoms with Crippen LogP contribution >= 0.6 is 11.3 Å². The van der Waals surface area contributed by atoms with Gasteiger partial charge in [-0.2, -0.15) is 0 Å². The normalized spacial score (nSPS) is 13.7. The van der Waals surface area contributed by atoms with Gasteiger partial charge in [-0.05, 0) is 18.4 Å². The van der Waals surface area contributed by atoms with Crippen molar-refractivity contribution in [3.63, 3.8) is 0 Å². The molecule has 0 aliphatic heterocycles. The lowest BCUT2D eigenvalue weighted by Crippen LogP contribution is -2.51. The van der Waals surface area contributed by atoms with Crippen LogP contribution in [0.4, 0.5) is 0 Å². The second-order valence-electron chi connectivity index (χ2n) is 4.87. The van der Waals surface area contributed by atoms with Gasteiger partial charge in [0.25, 0.3) is 0 Å². The summed E-state index contributed by atoms with van der Waals surface area (Å²) < 4.78 is 1.94. The average Bonchev–Trinajstić information content (AvgIpc) is 3.07. The minimum absolute atomic E-state index is 0.143. The van der Waals surface area contributed by atoms with Crippen molar-refractivity contribution in [1.82, 2.24) is 14.9 Å². The number of hydrogen-bond acceptors (Lipinski definition) is 5. The molecule has 5 nitrogen and oxygen atoms in total. The monoisotopic (exact) mass is 281 g/mol. The molecular weight excluding hydrogens is 262 g/mol. The molecule has 0 saturated heterocycles. The predicted octanol–water partition coefficient (Wildman–Crippen LogP) is 0.904. The molecule has 1 unspecified atom stereocenters. The van der Waals surface area contributed by atoms with Gasteiger partial charge in [-0.3, -0.25) is 5.32 Å². The van der Waals surface area contributed by atoms with Gasteiger partial charge in [-0.15, -0.1) is 11.3 Å². The van der Waals surface area contributed by atoms with Crippen LogP contribution < -0.4 is 5.32 Å². The standard InChI is InChI=1S/C13H19N3O2S/c1-13(8-17,9-18)15-11(10-4-3-7-19-10)12-14-5-6-16(12)2/h3-7,11,15,17-18H,8-9H2,1-2H3. The van der Waals surface area contributed by atoms with Crippen LogP contribution in [0.2, 0.25) is 0 Å². The van der Waals surface area contributed by atoms with Crippen LogP contribution in [0, 0.1) is 0 Å². The molecule has 2 heterocycles. The van der Waals surface area contributed by atoms with E-state index >= 15 is 0 Å². The molecule has 2 rings (SSSR count). The lowest BCUT2D eigenvalue weighted by Gasteiger charge is -2.31. The first kappa shape index (κ1) is 14.2. The SMILES string of the molecule is Cn1ccnc1C(NC(C)(CO)CO)c1cccs1. The predicted molar refractivity (Wildman–Crippen MR) is 75.1 cm³/mol. The summed E-state index contributed by atoms with van der Waals surface area (Å²) in [5, 5.41) is 24.2. The van der Waals surface area contributed by atoms with Gasteiger partial charge in [0.05, 0.1) is 18.8 Å². The third-order valence-electron chi connectivity index (χ3n) is 3.14. The summed E-state index contributed by atoms with van der Waals surface area (Å²) in [6.07, 6.45) is 3.62. The molecule has 0 aliphatic rings. The van der Waals surface area contributed by atoms with E-state index in [2.05, 4.69) is 10.3 Å². The molecule has 19 heavy (non-hydrogen) atoms. The number of hydrogen-bond donors (Lipinski definition) is 3. The van der Waals surface area contributed by atoms with Crippen molar-refractivity contribution < 1.29 is 10.2 Å². The number of aliphatic hydroxyl groups excluding tert-OH is 2. The zero-order valence-electron chi connectivity index (χ0n) is 11.1. The van der Waals surface area contributed by atoms with E-state index in [1.165, 1.54) is 0 Å². The Kier molecular flexibility index (Phi) is 4.36. The molecule has 6 heteroatoms. The summed E-state index contributed by atoms with van der Waals surface area (Å²) in [7, 11) is 1.93. The van der Waals surface area contributed by atoms with Crippen LogP contribution in [0.3, 0.4) is 0 Å². The highest BCUT2D eigenvalue weighted by atomic mass is 32.1. The number of aryl methyl sites for hydroxylation is 1. The van der Waals surface area contributed by atoms with Crippen LogP contribution in [0.1, 0.15) is 23.7 Å². The largest absolute Gasteiger partial charge is 0.394 e. The molecule has 0 radical (unpaired) electrons. The zero-order valence-corrected chi connectivity index (χ0v) is 11.9. The van der Waals surface area contributed by atoms with Crippen LogP contribution in [0.15, 0.2) is 29.9 Å². The smallest absolute Gasteiger partial charge is 0.131 e. The third-order valence-corrected chi connectivity index (χ3v) is 4.07. The topological polar surface area (TPSA) is 70.3 Å². The van der Waals surface area contributed by atoms with Gasteiger partial charge in [-0.25, -0.2) is 4.98 Å². The number of nitrogens with one attached hydrogen (secondary N) is 1. The molecule has 0 fully saturated rings. The van der Waals surface area contributed by atoms with Crippen LogP contribution in [0.25, 0.3) is 0 Å². The van der Waals surface area contributed by atoms with Crippen molar-refractivity contribution in [3.8, 4) is 0 Å². The minimum Gasteiger partial charge on any atom is -0.394 e. The van der Waals surface area contributed by atoms with Gasteiger partial charge in [0, 0.05) is 24.3 Å². The fraction of sp³-hybridized carbons (Fsp3) is 0.462. The van der Waals surface area contributed by atoms with Crippen molar-refractivity contribution in [2.24, 2.45) is 7.05 Å². The van der Waals surface area contributed by atoms with Gasteiger partial charge >= 0.3 is 0 Å². The van der Waals surface area contributed by atoms with E-state index in [9.17, 15) is 10.2 Å². The molecular formula is C13H19N3O2S. The van der Waals surface area contributed by atoms with Crippen LogP contribution in [-0.2, 0) is 7.05 Å². The molecule has 0 bridgehead atoms. The minimum atomic E-state index is -0.749. The lowest BCUT2D eigenvalue weighted by molar-refractivity contribution is 0.0971. The van der Waals surface area contributed by atoms with Gasteiger partial charge in [0.2, 0.25) is 0 Å². The molecule has 0 saturated carbocycles. The molecule has 2 aromatic heterocycles. The Morgan fingerprint density at radius 3 is 2.68 bits per heavy atom. The molecule has 0 spiro atoms. The summed E-state index contributed by atoms with van der Waals surface area (Å²) in [4.78, 5) is 5.47. The number of nitrogens with zero attached hydrogens (tertiary/aromatic N) is 2. The summed E-state index contributed by atoms with van der Waals surface area (Å²) in [6.45, 7) is 1.50. The number of aromatic nitrogens is 2. The Morgan fingerprint density at radius 1 is 1.47 bits per heavy atom. The zero-order chi connectivity index (χ0) is 13.9. The number of imidazole rings is 1. The number of aliphatic hydroxyl groups is 2. The molecule has 1 atom stereocenters. The van der Waals surface area contributed by atoms with E-state index in [0.717, 1.165) is 10.7 Å². The van der Waals surface area contributed by atoms with E-state index in [4.69, 9.17) is 0 Å². The quantitative estimate of drug-likeness (QED) is 0.736. The molecule has 0 aliphatic carbocycles. The lowest BCUT2D eigenvalue weighted by atomic mass is 10.0. The first-order chi connectivity index (χ1) is 9.09. The average molecular weight is 281 g/mol. The highest BCUT2D eigenvalue weighted by Gasteiger charge is 2.29. The van der Waals surface area contributed by atoms with Crippen molar-refractivity contribution in [1.29, 1.82) is 0 Å². The second kappa shape index (κ2) is 5.83. The first-order valence-corrected chi connectivity index (χ1v) is 6.97. The third kappa shape index (κ3) is 3.03. The van der Waals surface area contributed by atoms with Crippen molar-refractivity contribution in [2.45, 2.75) is 18.5 Å². The van der Waals surface area contributed by atoms with Crippen LogP contribution in [0.5, 0.6) is 0 Å². The van der Waals surface area contributed by atoms with Crippen molar-refractivity contribution in [3.05, 3.63) is 40.6 Å². The van der Waals surface area contributed by atoms with Crippen LogP contribution in [-0.4, -0.2) is 38.5 Å². The van der Waals surface area contributed by atoms with E-state index in [-0.39, 0.29) is 19.3 Å². The maximum absolute atomic E-state index is 9.45. The molecule has 0 amide bonds. The van der Waals surface area contributed by atoms with E-state index < -0.39 is 5.54 Å². The second-order valence-corrected chi connectivity index (χ2v) is 5.85. The van der Waals surface area contributed by atoms with Gasteiger partial charge in [-0.1, -0.05) is 6.07 Å². The van der Waals surface area contributed by atoms with Crippen molar-refractivity contribution in [2.75, 3.05) is 13.2 Å². The fourth-order valence-corrected chi connectivity index (χ4v) is 2.64. The maximum atomic E-state index is 9.45. The molecule has 0 aromatic carbocycles. The van der Waals surface area contributed by atoms with E-state index in [1.54, 1.807) is 24.5 Å². The van der Waals surface area contributed by atoms with Gasteiger partial charge < -0.3 is 14.8 Å².